The zero-order valence-corrected chi connectivity index (χ0v) is 17.9. The molecule has 0 spiro atoms. The highest BCUT2D eigenvalue weighted by atomic mass is 35.5. The van der Waals surface area contributed by atoms with E-state index >= 15 is 0 Å². The van der Waals surface area contributed by atoms with Gasteiger partial charge in [-0.15, -0.1) is 0 Å². The maximum atomic E-state index is 13.6. The molecule has 152 valence electrons. The van der Waals surface area contributed by atoms with Crippen LogP contribution in [0.5, 0.6) is 0 Å². The van der Waals surface area contributed by atoms with Crippen LogP contribution >= 0.6 is 23.2 Å². The van der Waals surface area contributed by atoms with Crippen LogP contribution in [0.25, 0.3) is 0 Å². The Hall–Kier alpha value is -1.84. The molecular formula is C24H23Cl2FO2. The second-order valence-corrected chi connectivity index (χ2v) is 9.61. The first-order chi connectivity index (χ1) is 13.8. The number of carbonyl (C=O) groups is 1. The predicted molar refractivity (Wildman–Crippen MR) is 113 cm³/mol. The van der Waals surface area contributed by atoms with Crippen molar-refractivity contribution in [2.75, 3.05) is 0 Å². The number of ether oxygens (including phenoxy) is 1. The highest BCUT2D eigenvalue weighted by molar-refractivity contribution is 6.55. The van der Waals surface area contributed by atoms with Crippen molar-refractivity contribution < 1.29 is 13.9 Å². The van der Waals surface area contributed by atoms with Gasteiger partial charge in [-0.1, -0.05) is 73.4 Å². The van der Waals surface area contributed by atoms with Crippen molar-refractivity contribution in [1.82, 2.24) is 0 Å². The summed E-state index contributed by atoms with van der Waals surface area (Å²) in [4.78, 5) is 12.9. The summed E-state index contributed by atoms with van der Waals surface area (Å²) in [5, 5.41) is 0. The van der Waals surface area contributed by atoms with Gasteiger partial charge in [0.05, 0.1) is 5.92 Å². The third-order valence-electron chi connectivity index (χ3n) is 6.38. The molecule has 0 heterocycles. The summed E-state index contributed by atoms with van der Waals surface area (Å²) in [6.45, 7) is 4.04. The topological polar surface area (TPSA) is 26.3 Å². The van der Waals surface area contributed by atoms with Crippen molar-refractivity contribution in [3.63, 3.8) is 0 Å². The fourth-order valence-electron chi connectivity index (χ4n) is 4.73. The van der Waals surface area contributed by atoms with Gasteiger partial charge >= 0.3 is 5.97 Å². The quantitative estimate of drug-likeness (QED) is 0.489. The van der Waals surface area contributed by atoms with Crippen LogP contribution in [-0.4, -0.2) is 5.97 Å². The van der Waals surface area contributed by atoms with E-state index in [4.69, 9.17) is 27.9 Å². The summed E-state index contributed by atoms with van der Waals surface area (Å²) >= 11 is 11.6. The van der Waals surface area contributed by atoms with Crippen molar-refractivity contribution in [2.24, 2.45) is 17.3 Å². The molecule has 2 aliphatic rings. The lowest BCUT2D eigenvalue weighted by molar-refractivity contribution is -0.152. The number of allylic oxidation sites excluding steroid dienone is 1. The van der Waals surface area contributed by atoms with E-state index in [1.54, 1.807) is 18.2 Å². The first-order valence-electron chi connectivity index (χ1n) is 9.84. The molecule has 0 aromatic heterocycles. The van der Waals surface area contributed by atoms with Crippen LogP contribution in [-0.2, 0) is 16.0 Å². The van der Waals surface area contributed by atoms with E-state index < -0.39 is 0 Å². The number of esters is 1. The van der Waals surface area contributed by atoms with Gasteiger partial charge in [0.15, 0.2) is 0 Å². The molecule has 4 atom stereocenters. The number of halogens is 3. The van der Waals surface area contributed by atoms with E-state index in [2.05, 4.69) is 6.07 Å². The number of benzene rings is 2. The fraction of sp³-hybridized carbons (Fsp3) is 0.375. The lowest BCUT2D eigenvalue weighted by Crippen LogP contribution is -2.14. The predicted octanol–water partition coefficient (Wildman–Crippen LogP) is 6.73. The molecule has 0 radical (unpaired) electrons. The van der Waals surface area contributed by atoms with Crippen molar-refractivity contribution in [1.29, 1.82) is 0 Å². The van der Waals surface area contributed by atoms with Crippen molar-refractivity contribution >= 4 is 29.2 Å². The molecule has 1 fully saturated rings. The molecule has 0 unspecified atom stereocenters. The molecular weight excluding hydrogens is 410 g/mol. The zero-order valence-electron chi connectivity index (χ0n) is 16.4. The Bertz CT molecular complexity index is 965. The fourth-order valence-corrected chi connectivity index (χ4v) is 5.00. The van der Waals surface area contributed by atoms with Crippen LogP contribution in [0.2, 0.25) is 0 Å². The number of hydrogen-bond donors (Lipinski definition) is 0. The highest BCUT2D eigenvalue weighted by Crippen LogP contribution is 2.60. The third-order valence-corrected chi connectivity index (χ3v) is 6.63. The smallest absolute Gasteiger partial charge is 0.310 e. The van der Waals surface area contributed by atoms with Crippen LogP contribution in [0.4, 0.5) is 4.39 Å². The van der Waals surface area contributed by atoms with Gasteiger partial charge in [0.1, 0.15) is 16.4 Å². The lowest BCUT2D eigenvalue weighted by Gasteiger charge is -2.15. The van der Waals surface area contributed by atoms with Crippen LogP contribution in [0.3, 0.4) is 0 Å². The molecule has 2 aromatic carbocycles. The average Bonchev–Trinajstić information content (AvgIpc) is 3.01. The van der Waals surface area contributed by atoms with Crippen LogP contribution < -0.4 is 0 Å². The normalized spacial score (nSPS) is 26.5. The maximum absolute atomic E-state index is 13.6. The van der Waals surface area contributed by atoms with Gasteiger partial charge in [0, 0.05) is 0 Å². The molecule has 0 N–H and O–H groups in total. The lowest BCUT2D eigenvalue weighted by atomic mass is 9.93. The molecule has 4 rings (SSSR count). The number of fused-ring (bicyclic) bond motifs is 1. The zero-order chi connectivity index (χ0) is 20.8. The standard InChI is InChI=1S/C24H23Cl2FO2/c1-24(2)19(13-21(25)26)22(24)23(28)29-20-12-15(17-8-3-4-9-18(17)20)10-14-6-5-7-16(27)11-14/h3-9,11,13,15,19-20,22H,10,12H2,1-2H3/t15-,19-,20-,22-/m0/s1. The second-order valence-electron chi connectivity index (χ2n) is 8.60. The molecule has 2 aliphatic carbocycles. The van der Waals surface area contributed by atoms with E-state index in [1.165, 1.54) is 11.6 Å². The highest BCUT2D eigenvalue weighted by Gasteiger charge is 2.62. The monoisotopic (exact) mass is 432 g/mol. The molecule has 2 aromatic rings. The number of carbonyl (C=O) groups excluding carboxylic acids is 1. The summed E-state index contributed by atoms with van der Waals surface area (Å²) in [6.07, 6.45) is 2.85. The SMILES string of the molecule is CC1(C)[C@H](C(=O)O[C@H]2C[C@H](Cc3cccc(F)c3)c3ccccc32)[C@@H]1C=C(Cl)Cl. The molecule has 0 bridgehead atoms. The van der Waals surface area contributed by atoms with Crippen molar-refractivity contribution in [3.05, 3.63) is 81.6 Å². The Balaban J connectivity index is 1.51. The summed E-state index contributed by atoms with van der Waals surface area (Å²) in [7, 11) is 0. The molecule has 2 nitrogen and oxygen atoms in total. The first kappa shape index (κ1) is 20.4. The molecule has 0 amide bonds. The van der Waals surface area contributed by atoms with Gasteiger partial charge in [0.25, 0.3) is 0 Å². The van der Waals surface area contributed by atoms with Gasteiger partial charge in [0.2, 0.25) is 0 Å². The van der Waals surface area contributed by atoms with E-state index in [0.29, 0.717) is 12.8 Å². The van der Waals surface area contributed by atoms with E-state index in [-0.39, 0.29) is 45.6 Å². The summed E-state index contributed by atoms with van der Waals surface area (Å²) < 4.78 is 19.7. The van der Waals surface area contributed by atoms with E-state index in [9.17, 15) is 9.18 Å². The minimum atomic E-state index is -0.287. The average molecular weight is 433 g/mol. The summed E-state index contributed by atoms with van der Waals surface area (Å²) in [5.41, 5.74) is 2.95. The van der Waals surface area contributed by atoms with Gasteiger partial charge in [-0.2, -0.15) is 0 Å². The maximum Gasteiger partial charge on any atom is 0.310 e. The van der Waals surface area contributed by atoms with Crippen LogP contribution in [0.15, 0.2) is 59.1 Å². The van der Waals surface area contributed by atoms with Gasteiger partial charge in [-0.3, -0.25) is 4.79 Å². The van der Waals surface area contributed by atoms with Gasteiger partial charge in [-0.25, -0.2) is 4.39 Å². The Morgan fingerprint density at radius 1 is 1.17 bits per heavy atom. The molecule has 29 heavy (non-hydrogen) atoms. The Morgan fingerprint density at radius 2 is 1.90 bits per heavy atom. The van der Waals surface area contributed by atoms with Crippen LogP contribution in [0.1, 0.15) is 49.0 Å². The summed E-state index contributed by atoms with van der Waals surface area (Å²) in [5.74, 6) is -0.517. The number of rotatable bonds is 5. The van der Waals surface area contributed by atoms with Crippen LogP contribution in [0, 0.1) is 23.1 Å². The Labute approximate surface area is 180 Å². The molecule has 0 aliphatic heterocycles. The molecule has 5 heteroatoms. The second kappa shape index (κ2) is 7.77. The van der Waals surface area contributed by atoms with E-state index in [0.717, 1.165) is 11.1 Å². The largest absolute Gasteiger partial charge is 0.457 e. The molecule has 1 saturated carbocycles. The Morgan fingerprint density at radius 3 is 2.59 bits per heavy atom. The first-order valence-corrected chi connectivity index (χ1v) is 10.6. The third kappa shape index (κ3) is 4.08. The molecule has 0 saturated heterocycles. The Kier molecular flexibility index (Phi) is 5.48. The van der Waals surface area contributed by atoms with E-state index in [1.807, 2.05) is 38.1 Å². The number of hydrogen-bond acceptors (Lipinski definition) is 2. The summed E-state index contributed by atoms with van der Waals surface area (Å²) in [6, 6.07) is 14.7. The van der Waals surface area contributed by atoms with Crippen molar-refractivity contribution in [2.45, 2.75) is 38.7 Å². The minimum absolute atomic E-state index is 0.0141. The van der Waals surface area contributed by atoms with Gasteiger partial charge in [-0.05, 0) is 65.0 Å². The van der Waals surface area contributed by atoms with Gasteiger partial charge < -0.3 is 4.74 Å². The van der Waals surface area contributed by atoms with Crippen molar-refractivity contribution in [3.8, 4) is 0 Å². The minimum Gasteiger partial charge on any atom is -0.457 e.